The number of carbonyl (C=O) groups is 3. The van der Waals surface area contributed by atoms with Gasteiger partial charge < -0.3 is 47.2 Å². The van der Waals surface area contributed by atoms with Crippen molar-refractivity contribution < 1.29 is 74.7 Å². The molecule has 0 unspecified atom stereocenters. The Labute approximate surface area is 416 Å². The first-order valence-corrected chi connectivity index (χ1v) is 20.8. The van der Waals surface area contributed by atoms with Crippen molar-refractivity contribution >= 4 is 49.1 Å². The minimum atomic E-state index is -1.20. The normalized spacial score (nSPS) is 15.0. The number of aliphatic imine (C=N–C) groups is 1. The van der Waals surface area contributed by atoms with E-state index in [-0.39, 0.29) is 83.0 Å². The first-order chi connectivity index (χ1) is 32.5. The van der Waals surface area contributed by atoms with E-state index < -0.39 is 15.8 Å². The van der Waals surface area contributed by atoms with Gasteiger partial charge in [-0.25, -0.2) is 24.7 Å². The van der Waals surface area contributed by atoms with Crippen LogP contribution in [0.25, 0.3) is 0 Å². The number of carbonyl (C=O) groups excluding carboxylic acids is 2. The number of hydrogen-bond donors (Lipinski definition) is 6. The zero-order chi connectivity index (χ0) is 50.4. The van der Waals surface area contributed by atoms with E-state index in [1.165, 1.54) is 26.0 Å². The van der Waals surface area contributed by atoms with E-state index in [4.69, 9.17) is 39.2 Å². The van der Waals surface area contributed by atoms with Crippen molar-refractivity contribution in [3.8, 4) is 0 Å². The summed E-state index contributed by atoms with van der Waals surface area (Å²) in [6.07, 6.45) is 0. The van der Waals surface area contributed by atoms with E-state index in [0.29, 0.717) is 38.5 Å². The molecule has 3 saturated heterocycles. The van der Waals surface area contributed by atoms with Crippen LogP contribution in [0.3, 0.4) is 0 Å². The van der Waals surface area contributed by atoms with Crippen LogP contribution in [0.5, 0.6) is 0 Å². The van der Waals surface area contributed by atoms with E-state index in [1.54, 1.807) is 19.1 Å². The number of morpholine rings is 3. The minimum Gasteiger partial charge on any atom is -0.477 e. The van der Waals surface area contributed by atoms with Gasteiger partial charge in [0.2, 0.25) is 0 Å². The standard InChI is InChI=1S/C14H22N6O2.C13H18N4O4.C7H6N2O4.C6H14N2O.BH2.U/c1-10-11(19-14(15)16)2-3-12(18-10)13(21)17-4-5-20-6-8-22-9-7-20;1-10-12(17(19)20)3-2-11(15-10)13(18)14-4-5-16-6-8-21-9-7-16;1-4-6(9(12)13)3-2-5(8-4)7(10)11;7-1-2-8-3-5-9-6-4-8;;/h2-3H,4-9H2,1H3,(H,17,21)(H4,15,16,19);2-3H,4-9H2,1H3,(H,14,18);2-3H,1H3,(H,10,11);1-7H2;1H2;/i;;;;1T2;. The molecule has 3 aliphatic rings. The number of nitrogens with zero attached hydrogens (tertiary/aromatic N) is 9. The van der Waals surface area contributed by atoms with Crippen molar-refractivity contribution in [2.24, 2.45) is 22.2 Å². The number of amides is 2. The first-order valence-electron chi connectivity index (χ1n) is 22.0. The molecule has 3 aliphatic heterocycles. The summed E-state index contributed by atoms with van der Waals surface area (Å²) in [4.78, 5) is 76.8. The van der Waals surface area contributed by atoms with Crippen LogP contribution in [0, 0.1) is 72.1 Å². The molecule has 6 rings (SSSR count). The fourth-order valence-electron chi connectivity index (χ4n) is 6.17. The third-order valence-corrected chi connectivity index (χ3v) is 9.68. The number of nitrogens with one attached hydrogen (secondary N) is 2. The van der Waals surface area contributed by atoms with Crippen molar-refractivity contribution in [1.29, 1.82) is 2.67 Å². The number of carboxylic acids is 1. The van der Waals surface area contributed by atoms with Gasteiger partial charge in [-0.05, 0) is 47.7 Å². The summed E-state index contributed by atoms with van der Waals surface area (Å²) < 4.78 is 27.2. The van der Waals surface area contributed by atoms with E-state index in [9.17, 15) is 34.6 Å². The van der Waals surface area contributed by atoms with Gasteiger partial charge in [0.1, 0.15) is 28.5 Å². The summed E-state index contributed by atoms with van der Waals surface area (Å²) >= 11 is 0. The van der Waals surface area contributed by atoms with Gasteiger partial charge in [0.05, 0.1) is 69.2 Å². The fraction of sp³-hybridized carbons (Fsp3) is 0.525. The molecule has 0 bridgehead atoms. The summed E-state index contributed by atoms with van der Waals surface area (Å²) in [5.41, 5.74) is 17.7. The number of pyridine rings is 3. The second-order valence-electron chi connectivity index (χ2n) is 14.4. The molecule has 0 atom stereocenters. The molecule has 27 heteroatoms. The molecule has 3 fully saturated rings. The smallest absolute Gasteiger partial charge is 0.354 e. The minimum absolute atomic E-state index is 0. The Morgan fingerprint density at radius 2 is 1.06 bits per heavy atom. The van der Waals surface area contributed by atoms with Crippen LogP contribution < -0.4 is 27.8 Å². The molecule has 0 saturated carbocycles. The summed E-state index contributed by atoms with van der Waals surface area (Å²) in [5, 5.41) is 35.2. The van der Waals surface area contributed by atoms with Gasteiger partial charge in [-0.3, -0.25) is 44.5 Å². The number of aromatic carboxylic acids is 1. The number of nitro groups is 2. The van der Waals surface area contributed by atoms with Gasteiger partial charge in [-0.1, -0.05) is 0 Å². The second kappa shape index (κ2) is 32.5. The van der Waals surface area contributed by atoms with Crippen LogP contribution >= 0.6 is 0 Å². The maximum Gasteiger partial charge on any atom is 0.354 e. The summed E-state index contributed by atoms with van der Waals surface area (Å²) in [6.45, 7) is 19.4. The molecule has 3 aromatic rings. The maximum absolute atomic E-state index is 12.1. The molecule has 0 aliphatic carbocycles. The van der Waals surface area contributed by atoms with Crippen LogP contribution in [-0.4, -0.2) is 198 Å². The summed E-state index contributed by atoms with van der Waals surface area (Å²) in [6, 6.07) is 8.20. The molecule has 3 aromatic heterocycles. The molecular weight excluding hydrogens is 1100 g/mol. The van der Waals surface area contributed by atoms with Crippen molar-refractivity contribution in [3.05, 3.63) is 90.8 Å². The molecule has 67 heavy (non-hydrogen) atoms. The number of guanidine groups is 1. The van der Waals surface area contributed by atoms with Crippen LogP contribution in [0.15, 0.2) is 41.4 Å². The van der Waals surface area contributed by atoms with Crippen molar-refractivity contribution in [3.63, 3.8) is 0 Å². The van der Waals surface area contributed by atoms with Crippen LogP contribution in [-0.2, 0) is 14.2 Å². The Kier molecular flexibility index (Phi) is 27.2. The average molecular weight is 1170 g/mol. The van der Waals surface area contributed by atoms with Crippen LogP contribution in [0.2, 0.25) is 0 Å². The third-order valence-electron chi connectivity index (χ3n) is 9.68. The SMILES string of the molecule is Cc1nc(C(=O)NCCN2CCOCC2)ccc1N=C(N)N.Cc1nc(C(=O)NCCN2CCOCC2)ccc1[N+](=O)[O-].Cc1nc(C(=O)O)ccc1[N+](=O)[O-].NCCN1CCOCC1.[3H][B][3H].[U]. The van der Waals surface area contributed by atoms with Crippen LogP contribution in [0.1, 0.15) is 48.5 Å². The maximum atomic E-state index is 12.1. The monoisotopic (exact) mass is 1170 g/mol. The van der Waals surface area contributed by atoms with Gasteiger partial charge in [0.25, 0.3) is 23.2 Å². The van der Waals surface area contributed by atoms with Crippen LogP contribution in [0.4, 0.5) is 17.1 Å². The van der Waals surface area contributed by atoms with Gasteiger partial charge in [-0.15, -0.1) is 0 Å². The molecule has 9 N–H and O–H groups in total. The summed E-state index contributed by atoms with van der Waals surface area (Å²) in [5.74, 6) is -1.75. The molecular formula is C40H62BN14O11U. The van der Waals surface area contributed by atoms with Crippen molar-refractivity contribution in [2.45, 2.75) is 20.8 Å². The Hall–Kier alpha value is -5.23. The Morgan fingerprint density at radius 3 is 1.40 bits per heavy atom. The number of carboxylic acid groups (broad SMARTS) is 1. The number of aryl methyl sites for hydroxylation is 3. The van der Waals surface area contributed by atoms with Gasteiger partial charge in [0, 0.05) is 122 Å². The predicted molar refractivity (Wildman–Crippen MR) is 247 cm³/mol. The topological polar surface area (TPSA) is 348 Å². The number of rotatable bonds is 14. The van der Waals surface area contributed by atoms with E-state index >= 15 is 0 Å². The number of hydrogen-bond acceptors (Lipinski definition) is 18. The van der Waals surface area contributed by atoms with Crippen molar-refractivity contribution in [1.82, 2.24) is 40.3 Å². The van der Waals surface area contributed by atoms with Gasteiger partial charge in [-0.2, -0.15) is 0 Å². The van der Waals surface area contributed by atoms with E-state index in [1.807, 2.05) is 0 Å². The number of nitrogens with two attached hydrogens (primary N) is 3. The second-order valence-corrected chi connectivity index (χ2v) is 14.4. The zero-order valence-electron chi connectivity index (χ0n) is 40.1. The molecule has 1 radical (unpaired) electrons. The quantitative estimate of drug-likeness (QED) is 0.0374. The van der Waals surface area contributed by atoms with E-state index in [2.05, 4.69) is 45.3 Å². The summed E-state index contributed by atoms with van der Waals surface area (Å²) in [7, 11) is 0.500. The third kappa shape index (κ3) is 22.4. The molecule has 0 aromatic carbocycles. The molecule has 25 nitrogen and oxygen atoms in total. The largest absolute Gasteiger partial charge is 0.477 e. The molecule has 365 valence electrons. The molecule has 2 amide bonds. The number of aromatic nitrogens is 3. The first kappa shape index (κ1) is 56.1. The Morgan fingerprint density at radius 1 is 0.701 bits per heavy atom. The Bertz CT molecular complexity index is 2100. The van der Waals surface area contributed by atoms with E-state index in [0.717, 1.165) is 117 Å². The van der Waals surface area contributed by atoms with Gasteiger partial charge >= 0.3 is 5.97 Å². The van der Waals surface area contributed by atoms with Crippen molar-refractivity contribution in [2.75, 3.05) is 118 Å². The number of ether oxygens (including phenoxy) is 3. The predicted octanol–water partition coefficient (Wildman–Crippen LogP) is -0.925. The zero-order valence-corrected chi connectivity index (χ0v) is 42.2. The van der Waals surface area contributed by atoms with Gasteiger partial charge in [0.15, 0.2) is 5.96 Å². The molecule has 6 heterocycles. The fourth-order valence-corrected chi connectivity index (χ4v) is 6.17. The molecule has 0 spiro atoms. The average Bonchev–Trinajstić information content (AvgIpc) is 3.31. The Balaban J connectivity index is 0.000000469.